The maximum Gasteiger partial charge on any atom is 0.406 e. The van der Waals surface area contributed by atoms with Crippen molar-refractivity contribution in [3.63, 3.8) is 0 Å². The average molecular weight is 236 g/mol. The third kappa shape index (κ3) is 4.87. The van der Waals surface area contributed by atoms with E-state index in [1.54, 1.807) is 7.05 Å². The first kappa shape index (κ1) is 13.5. The zero-order chi connectivity index (χ0) is 12.7. The van der Waals surface area contributed by atoms with Crippen LogP contribution in [0.25, 0.3) is 0 Å². The molecule has 0 spiro atoms. The summed E-state index contributed by atoms with van der Waals surface area (Å²) in [5.41, 5.74) is 1.24. The second-order valence-corrected chi connectivity index (χ2v) is 4.16. The fourth-order valence-corrected chi connectivity index (χ4v) is 1.52. The van der Waals surface area contributed by atoms with Gasteiger partial charge in [0, 0.05) is 13.1 Å². The number of likely N-dealkylation sites (N-methyl/N-ethyl adjacent to an activating group) is 1. The fourth-order valence-electron chi connectivity index (χ4n) is 1.52. The second-order valence-electron chi connectivity index (χ2n) is 4.16. The molecular formula is C13H20N2O2. The Morgan fingerprint density at radius 1 is 1.35 bits per heavy atom. The summed E-state index contributed by atoms with van der Waals surface area (Å²) in [4.78, 5) is 13.1. The smallest absolute Gasteiger partial charge is 0.406 e. The molecule has 1 aromatic rings. The van der Waals surface area contributed by atoms with E-state index in [0.29, 0.717) is 6.61 Å². The van der Waals surface area contributed by atoms with Crippen LogP contribution in [-0.2, 0) is 11.2 Å². The number of nitrogens with one attached hydrogen (secondary N) is 1. The molecule has 0 fully saturated rings. The lowest BCUT2D eigenvalue weighted by molar-refractivity contribution is 0.111. The van der Waals surface area contributed by atoms with Gasteiger partial charge in [-0.25, -0.2) is 4.79 Å². The van der Waals surface area contributed by atoms with Crippen LogP contribution in [0.15, 0.2) is 30.3 Å². The minimum absolute atomic E-state index is 0.190. The van der Waals surface area contributed by atoms with Crippen LogP contribution in [0.5, 0.6) is 0 Å². The molecule has 4 heteroatoms. The van der Waals surface area contributed by atoms with Gasteiger partial charge in [0.05, 0.1) is 0 Å². The van der Waals surface area contributed by atoms with Gasteiger partial charge in [-0.15, -0.1) is 0 Å². The van der Waals surface area contributed by atoms with Crippen molar-refractivity contribution < 1.29 is 9.53 Å². The van der Waals surface area contributed by atoms with Crippen LogP contribution < -0.4 is 5.32 Å². The Morgan fingerprint density at radius 2 is 2.00 bits per heavy atom. The first-order chi connectivity index (χ1) is 8.13. The van der Waals surface area contributed by atoms with E-state index in [1.165, 1.54) is 5.56 Å². The van der Waals surface area contributed by atoms with E-state index in [2.05, 4.69) is 22.3 Å². The van der Waals surface area contributed by atoms with Crippen molar-refractivity contribution >= 4 is 6.09 Å². The van der Waals surface area contributed by atoms with E-state index in [0.717, 1.165) is 6.42 Å². The molecule has 0 aliphatic heterocycles. The minimum Gasteiger partial charge on any atom is -0.448 e. The van der Waals surface area contributed by atoms with Gasteiger partial charge < -0.3 is 15.0 Å². The Labute approximate surface area is 103 Å². The quantitative estimate of drug-likeness (QED) is 0.842. The van der Waals surface area contributed by atoms with Gasteiger partial charge in [-0.05, 0) is 26.1 Å². The number of nitrogens with zero attached hydrogens (tertiary/aromatic N) is 1. The number of ether oxygens (including phenoxy) is 1. The number of carbonyl (C=O) groups excluding carboxylic acids is 1. The van der Waals surface area contributed by atoms with Crippen LogP contribution in [0.2, 0.25) is 0 Å². The number of rotatable bonds is 5. The van der Waals surface area contributed by atoms with Crippen molar-refractivity contribution in [3.8, 4) is 0 Å². The monoisotopic (exact) mass is 236 g/mol. The lowest BCUT2D eigenvalue weighted by Crippen LogP contribution is -2.36. The summed E-state index contributed by atoms with van der Waals surface area (Å²) in [5.74, 6) is 0. The van der Waals surface area contributed by atoms with Gasteiger partial charge in [-0.2, -0.15) is 0 Å². The van der Waals surface area contributed by atoms with Gasteiger partial charge in [0.25, 0.3) is 0 Å². The molecule has 1 N–H and O–H groups in total. The molecule has 0 saturated heterocycles. The molecule has 0 aliphatic rings. The van der Waals surface area contributed by atoms with E-state index in [1.807, 2.05) is 32.3 Å². The number of carbonyl (C=O) groups is 1. The molecule has 0 aliphatic carbocycles. The predicted octanol–water partition coefficient (Wildman–Crippen LogP) is 1.52. The molecule has 1 atom stereocenters. The summed E-state index contributed by atoms with van der Waals surface area (Å²) >= 11 is 0. The molecule has 1 rings (SSSR count). The van der Waals surface area contributed by atoms with E-state index in [9.17, 15) is 4.79 Å². The number of benzene rings is 1. The topological polar surface area (TPSA) is 41.6 Å². The Morgan fingerprint density at radius 3 is 2.53 bits per heavy atom. The molecule has 1 amide bonds. The van der Waals surface area contributed by atoms with Gasteiger partial charge in [0.1, 0.15) is 6.61 Å². The maximum atomic E-state index is 11.0. The van der Waals surface area contributed by atoms with Crippen LogP contribution in [-0.4, -0.2) is 44.8 Å². The first-order valence-electron chi connectivity index (χ1n) is 5.68. The van der Waals surface area contributed by atoms with Crippen LogP contribution >= 0.6 is 0 Å². The van der Waals surface area contributed by atoms with E-state index in [-0.39, 0.29) is 12.1 Å². The highest BCUT2D eigenvalue weighted by atomic mass is 16.5. The highest BCUT2D eigenvalue weighted by Gasteiger charge is 2.14. The van der Waals surface area contributed by atoms with Gasteiger partial charge >= 0.3 is 6.09 Å². The number of alkyl carbamates (subject to hydrolysis) is 1. The normalized spacial score (nSPS) is 12.2. The van der Waals surface area contributed by atoms with Crippen molar-refractivity contribution in [2.75, 3.05) is 27.7 Å². The average Bonchev–Trinajstić information content (AvgIpc) is 2.34. The summed E-state index contributed by atoms with van der Waals surface area (Å²) in [6.07, 6.45) is 0.482. The molecule has 0 saturated carbocycles. The van der Waals surface area contributed by atoms with Crippen LogP contribution in [0, 0.1) is 0 Å². The second kappa shape index (κ2) is 6.91. The zero-order valence-electron chi connectivity index (χ0n) is 10.6. The van der Waals surface area contributed by atoms with E-state index >= 15 is 0 Å². The Hall–Kier alpha value is -1.55. The molecular weight excluding hydrogens is 216 g/mol. The Bertz CT molecular complexity index is 339. The summed E-state index contributed by atoms with van der Waals surface area (Å²) < 4.78 is 5.10. The predicted molar refractivity (Wildman–Crippen MR) is 68.0 cm³/mol. The van der Waals surface area contributed by atoms with Crippen molar-refractivity contribution in [1.82, 2.24) is 10.2 Å². The van der Waals surface area contributed by atoms with Crippen molar-refractivity contribution in [2.24, 2.45) is 0 Å². The summed E-state index contributed by atoms with van der Waals surface area (Å²) in [5, 5.41) is 2.44. The zero-order valence-corrected chi connectivity index (χ0v) is 10.6. The maximum absolute atomic E-state index is 11.0. The largest absolute Gasteiger partial charge is 0.448 e. The van der Waals surface area contributed by atoms with Gasteiger partial charge in [0.2, 0.25) is 0 Å². The molecule has 4 nitrogen and oxygen atoms in total. The molecule has 94 valence electrons. The van der Waals surface area contributed by atoms with Crippen molar-refractivity contribution in [2.45, 2.75) is 12.5 Å². The first-order valence-corrected chi connectivity index (χ1v) is 5.68. The molecule has 1 aromatic carbocycles. The number of amides is 1. The van der Waals surface area contributed by atoms with Gasteiger partial charge in [-0.1, -0.05) is 30.3 Å². The Kier molecular flexibility index (Phi) is 5.49. The molecule has 0 unspecified atom stereocenters. The molecule has 0 aromatic heterocycles. The summed E-state index contributed by atoms with van der Waals surface area (Å²) in [7, 11) is 5.53. The van der Waals surface area contributed by atoms with Crippen molar-refractivity contribution in [3.05, 3.63) is 35.9 Å². The number of hydrogen-bond donors (Lipinski definition) is 1. The van der Waals surface area contributed by atoms with Crippen LogP contribution in [0.4, 0.5) is 4.79 Å². The SMILES string of the molecule is CNC(=O)OC[C@@H](Cc1ccccc1)N(C)C. The standard InChI is InChI=1S/C13H20N2O2/c1-14-13(16)17-10-12(15(2)3)9-11-7-5-4-6-8-11/h4-8,12H,9-10H2,1-3H3,(H,14,16)/t12-/m1/s1. The summed E-state index contributed by atoms with van der Waals surface area (Å²) in [6.45, 7) is 0.390. The molecule has 0 bridgehead atoms. The molecule has 17 heavy (non-hydrogen) atoms. The highest BCUT2D eigenvalue weighted by Crippen LogP contribution is 2.07. The lowest BCUT2D eigenvalue weighted by Gasteiger charge is -2.23. The van der Waals surface area contributed by atoms with Gasteiger partial charge in [0.15, 0.2) is 0 Å². The van der Waals surface area contributed by atoms with Crippen LogP contribution in [0.1, 0.15) is 5.56 Å². The van der Waals surface area contributed by atoms with Crippen molar-refractivity contribution in [1.29, 1.82) is 0 Å². The Balaban J connectivity index is 2.52. The van der Waals surface area contributed by atoms with E-state index in [4.69, 9.17) is 4.74 Å². The number of hydrogen-bond acceptors (Lipinski definition) is 3. The third-order valence-electron chi connectivity index (χ3n) is 2.66. The molecule has 0 heterocycles. The van der Waals surface area contributed by atoms with Gasteiger partial charge in [-0.3, -0.25) is 0 Å². The fraction of sp³-hybridized carbons (Fsp3) is 0.462. The molecule has 0 radical (unpaired) electrons. The van der Waals surface area contributed by atoms with Crippen LogP contribution in [0.3, 0.4) is 0 Å². The highest BCUT2D eigenvalue weighted by molar-refractivity contribution is 5.66. The lowest BCUT2D eigenvalue weighted by atomic mass is 10.1. The van der Waals surface area contributed by atoms with E-state index < -0.39 is 0 Å². The summed E-state index contributed by atoms with van der Waals surface area (Å²) in [6, 6.07) is 10.4. The minimum atomic E-state index is -0.384. The third-order valence-corrected chi connectivity index (χ3v) is 2.66.